The van der Waals surface area contributed by atoms with Gasteiger partial charge in [0.05, 0.1) is 0 Å². The van der Waals surface area contributed by atoms with Crippen molar-refractivity contribution in [2.24, 2.45) is 0 Å². The predicted octanol–water partition coefficient (Wildman–Crippen LogP) is 3.72. The topological polar surface area (TPSA) is 33.1 Å². The maximum Gasteiger partial charge on any atom is 0.139 e. The molecule has 0 aromatic carbocycles. The standard InChI is InChI=1S/C12H10FNOS/c13-10(8-15)6-11-3-4-12(16-11)9-2-1-5-14-7-9/h1-5,7-8,15H,6H2/b10-8-. The van der Waals surface area contributed by atoms with Gasteiger partial charge in [0.15, 0.2) is 0 Å². The van der Waals surface area contributed by atoms with Gasteiger partial charge in [-0.25, -0.2) is 4.39 Å². The summed E-state index contributed by atoms with van der Waals surface area (Å²) in [4.78, 5) is 5.96. The molecule has 0 bridgehead atoms. The van der Waals surface area contributed by atoms with Crippen LogP contribution < -0.4 is 0 Å². The summed E-state index contributed by atoms with van der Waals surface area (Å²) in [7, 11) is 0. The van der Waals surface area contributed by atoms with Crippen LogP contribution in [0, 0.1) is 0 Å². The summed E-state index contributed by atoms with van der Waals surface area (Å²) >= 11 is 1.50. The van der Waals surface area contributed by atoms with Crippen LogP contribution in [-0.2, 0) is 6.42 Å². The lowest BCUT2D eigenvalue weighted by Gasteiger charge is -1.94. The highest BCUT2D eigenvalue weighted by atomic mass is 32.1. The van der Waals surface area contributed by atoms with Crippen LogP contribution in [0.5, 0.6) is 0 Å². The van der Waals surface area contributed by atoms with Crippen molar-refractivity contribution in [1.29, 1.82) is 0 Å². The molecular weight excluding hydrogens is 225 g/mol. The highest BCUT2D eigenvalue weighted by molar-refractivity contribution is 7.15. The van der Waals surface area contributed by atoms with Gasteiger partial charge in [-0.15, -0.1) is 11.3 Å². The molecule has 0 aliphatic carbocycles. The second-order valence-corrected chi connectivity index (χ2v) is 4.43. The average molecular weight is 235 g/mol. The summed E-state index contributed by atoms with van der Waals surface area (Å²) in [6.07, 6.45) is 4.13. The Kier molecular flexibility index (Phi) is 3.31. The van der Waals surface area contributed by atoms with Gasteiger partial charge in [-0.3, -0.25) is 4.98 Å². The van der Waals surface area contributed by atoms with E-state index in [2.05, 4.69) is 4.98 Å². The fourth-order valence-corrected chi connectivity index (χ4v) is 2.35. The van der Waals surface area contributed by atoms with Gasteiger partial charge in [-0.05, 0) is 18.2 Å². The molecule has 2 aromatic rings. The summed E-state index contributed by atoms with van der Waals surface area (Å²) in [6, 6.07) is 7.61. The second-order valence-electron chi connectivity index (χ2n) is 3.26. The molecule has 0 saturated carbocycles. The Morgan fingerprint density at radius 1 is 1.44 bits per heavy atom. The fourth-order valence-electron chi connectivity index (χ4n) is 1.35. The lowest BCUT2D eigenvalue weighted by Crippen LogP contribution is -1.79. The lowest BCUT2D eigenvalue weighted by molar-refractivity contribution is 0.436. The van der Waals surface area contributed by atoms with Crippen LogP contribution in [0.3, 0.4) is 0 Å². The Morgan fingerprint density at radius 2 is 2.31 bits per heavy atom. The van der Waals surface area contributed by atoms with Crippen LogP contribution >= 0.6 is 11.3 Å². The summed E-state index contributed by atoms with van der Waals surface area (Å²) < 4.78 is 12.8. The second kappa shape index (κ2) is 4.90. The van der Waals surface area contributed by atoms with Crippen molar-refractivity contribution < 1.29 is 9.50 Å². The zero-order chi connectivity index (χ0) is 11.4. The van der Waals surface area contributed by atoms with Crippen molar-refractivity contribution >= 4 is 11.3 Å². The minimum absolute atomic E-state index is 0.140. The minimum atomic E-state index is -0.528. The molecule has 0 aliphatic rings. The highest BCUT2D eigenvalue weighted by Gasteiger charge is 2.04. The van der Waals surface area contributed by atoms with Crippen LogP contribution in [0.2, 0.25) is 0 Å². The van der Waals surface area contributed by atoms with Gasteiger partial charge in [0, 0.05) is 34.1 Å². The third kappa shape index (κ3) is 2.46. The minimum Gasteiger partial charge on any atom is -0.513 e. The molecule has 0 unspecified atom stereocenters. The number of hydrogen-bond acceptors (Lipinski definition) is 3. The number of nitrogens with zero attached hydrogens (tertiary/aromatic N) is 1. The molecular formula is C12H10FNOS. The molecule has 2 aromatic heterocycles. The van der Waals surface area contributed by atoms with Crippen LogP contribution in [0.4, 0.5) is 4.39 Å². The van der Waals surface area contributed by atoms with E-state index in [1.165, 1.54) is 11.3 Å². The lowest BCUT2D eigenvalue weighted by atomic mass is 10.2. The number of hydrogen-bond donors (Lipinski definition) is 1. The molecule has 0 saturated heterocycles. The van der Waals surface area contributed by atoms with Crippen LogP contribution in [0.25, 0.3) is 10.4 Å². The number of pyridine rings is 1. The Hall–Kier alpha value is -1.68. The molecule has 0 fully saturated rings. The first-order valence-electron chi connectivity index (χ1n) is 4.77. The van der Waals surface area contributed by atoms with Gasteiger partial charge >= 0.3 is 0 Å². The van der Waals surface area contributed by atoms with Gasteiger partial charge in [0.25, 0.3) is 0 Å². The van der Waals surface area contributed by atoms with E-state index in [0.29, 0.717) is 6.26 Å². The van der Waals surface area contributed by atoms with Crippen LogP contribution in [0.15, 0.2) is 48.7 Å². The predicted molar refractivity (Wildman–Crippen MR) is 63.1 cm³/mol. The molecule has 4 heteroatoms. The van der Waals surface area contributed by atoms with Crippen LogP contribution in [0.1, 0.15) is 4.88 Å². The van der Waals surface area contributed by atoms with Crippen LogP contribution in [-0.4, -0.2) is 10.1 Å². The Bertz CT molecular complexity index is 493. The molecule has 0 atom stereocenters. The third-order valence-electron chi connectivity index (χ3n) is 2.09. The zero-order valence-electron chi connectivity index (χ0n) is 8.43. The SMILES string of the molecule is O/C=C(\F)Cc1ccc(-c2cccnc2)s1. The first-order valence-corrected chi connectivity index (χ1v) is 5.59. The molecule has 16 heavy (non-hydrogen) atoms. The first kappa shape index (κ1) is 10.8. The van der Waals surface area contributed by atoms with Crippen molar-refractivity contribution in [2.45, 2.75) is 6.42 Å². The zero-order valence-corrected chi connectivity index (χ0v) is 9.25. The van der Waals surface area contributed by atoms with Crippen molar-refractivity contribution in [2.75, 3.05) is 0 Å². The maximum absolute atomic E-state index is 12.8. The molecule has 0 amide bonds. The first-order chi connectivity index (χ1) is 7.79. The number of rotatable bonds is 3. The molecule has 2 nitrogen and oxygen atoms in total. The van der Waals surface area contributed by atoms with Crippen molar-refractivity contribution in [1.82, 2.24) is 4.98 Å². The summed E-state index contributed by atoms with van der Waals surface area (Å²) in [5, 5.41) is 8.48. The number of aromatic nitrogens is 1. The largest absolute Gasteiger partial charge is 0.513 e. The number of aliphatic hydroxyl groups is 1. The molecule has 0 radical (unpaired) electrons. The number of halogens is 1. The van der Waals surface area contributed by atoms with Crippen molar-refractivity contribution in [3.8, 4) is 10.4 Å². The normalized spacial score (nSPS) is 11.7. The molecule has 2 heterocycles. The summed E-state index contributed by atoms with van der Waals surface area (Å²) in [5.74, 6) is -0.528. The smallest absolute Gasteiger partial charge is 0.139 e. The van der Waals surface area contributed by atoms with E-state index in [4.69, 9.17) is 5.11 Å². The highest BCUT2D eigenvalue weighted by Crippen LogP contribution is 2.28. The van der Waals surface area contributed by atoms with Gasteiger partial charge in [-0.2, -0.15) is 0 Å². The maximum atomic E-state index is 12.8. The van der Waals surface area contributed by atoms with Gasteiger partial charge in [0.1, 0.15) is 12.1 Å². The van der Waals surface area contributed by atoms with Gasteiger partial charge in [-0.1, -0.05) is 6.07 Å². The fraction of sp³-hybridized carbons (Fsp3) is 0.0833. The number of allylic oxidation sites excluding steroid dienone is 1. The van der Waals surface area contributed by atoms with E-state index < -0.39 is 5.83 Å². The average Bonchev–Trinajstić information content (AvgIpc) is 2.78. The van der Waals surface area contributed by atoms with Gasteiger partial charge < -0.3 is 5.11 Å². The monoisotopic (exact) mass is 235 g/mol. The summed E-state index contributed by atoms with van der Waals surface area (Å²) in [5.41, 5.74) is 1.02. The van der Waals surface area contributed by atoms with E-state index >= 15 is 0 Å². The summed E-state index contributed by atoms with van der Waals surface area (Å²) in [6.45, 7) is 0. The van der Waals surface area contributed by atoms with Crippen molar-refractivity contribution in [3.63, 3.8) is 0 Å². The Balaban J connectivity index is 2.20. The number of aliphatic hydroxyl groups excluding tert-OH is 1. The van der Waals surface area contributed by atoms with E-state index in [-0.39, 0.29) is 6.42 Å². The Morgan fingerprint density at radius 3 is 3.00 bits per heavy atom. The van der Waals surface area contributed by atoms with E-state index in [1.807, 2.05) is 24.3 Å². The molecule has 2 rings (SSSR count). The van der Waals surface area contributed by atoms with E-state index in [1.54, 1.807) is 12.4 Å². The molecule has 1 N–H and O–H groups in total. The number of thiophene rings is 1. The third-order valence-corrected chi connectivity index (χ3v) is 3.23. The Labute approximate surface area is 96.7 Å². The quantitative estimate of drug-likeness (QED) is 0.822. The molecule has 0 aliphatic heterocycles. The van der Waals surface area contributed by atoms with E-state index in [0.717, 1.165) is 15.3 Å². The molecule has 82 valence electrons. The molecule has 0 spiro atoms. The van der Waals surface area contributed by atoms with E-state index in [9.17, 15) is 4.39 Å². The van der Waals surface area contributed by atoms with Gasteiger partial charge in [0.2, 0.25) is 0 Å². The van der Waals surface area contributed by atoms with Crippen molar-refractivity contribution in [3.05, 3.63) is 53.6 Å².